The Bertz CT molecular complexity index is 201. The van der Waals surface area contributed by atoms with E-state index in [4.69, 9.17) is 9.47 Å². The molecule has 16 heavy (non-hydrogen) atoms. The molecular weight excluding hydrogens is 204 g/mol. The standard InChI is InChI=1S/C13H24O3/c1-3-7-11-8-5-6-9-12(11)16-13(14)15-10-4-2/h11-12H,3-10H2,1-2H3. The van der Waals surface area contributed by atoms with Gasteiger partial charge in [0.25, 0.3) is 0 Å². The number of carbonyl (C=O) groups excluding carboxylic acids is 1. The molecule has 0 saturated heterocycles. The van der Waals surface area contributed by atoms with Crippen molar-refractivity contribution in [2.75, 3.05) is 6.61 Å². The highest BCUT2D eigenvalue weighted by Crippen LogP contribution is 2.30. The minimum absolute atomic E-state index is 0.0954. The predicted octanol–water partition coefficient (Wildman–Crippen LogP) is 3.91. The number of rotatable bonds is 5. The van der Waals surface area contributed by atoms with Gasteiger partial charge in [-0.1, -0.05) is 26.7 Å². The molecule has 0 aromatic carbocycles. The van der Waals surface area contributed by atoms with Crippen LogP contribution in [-0.2, 0) is 9.47 Å². The van der Waals surface area contributed by atoms with Crippen LogP contribution in [0.4, 0.5) is 4.79 Å². The van der Waals surface area contributed by atoms with E-state index in [-0.39, 0.29) is 6.10 Å². The Labute approximate surface area is 98.5 Å². The Morgan fingerprint density at radius 3 is 2.62 bits per heavy atom. The highest BCUT2D eigenvalue weighted by molar-refractivity contribution is 5.60. The average Bonchev–Trinajstić information content (AvgIpc) is 2.29. The van der Waals surface area contributed by atoms with Crippen molar-refractivity contribution in [2.24, 2.45) is 5.92 Å². The summed E-state index contributed by atoms with van der Waals surface area (Å²) in [5, 5.41) is 0. The van der Waals surface area contributed by atoms with Gasteiger partial charge in [-0.3, -0.25) is 0 Å². The quantitative estimate of drug-likeness (QED) is 0.669. The molecule has 0 amide bonds. The van der Waals surface area contributed by atoms with Gasteiger partial charge in [0.2, 0.25) is 0 Å². The fourth-order valence-electron chi connectivity index (χ4n) is 2.37. The highest BCUT2D eigenvalue weighted by atomic mass is 16.7. The Hall–Kier alpha value is -0.730. The first-order chi connectivity index (χ1) is 7.77. The van der Waals surface area contributed by atoms with Crippen molar-refractivity contribution in [3.05, 3.63) is 0 Å². The van der Waals surface area contributed by atoms with Crippen molar-refractivity contribution in [3.63, 3.8) is 0 Å². The third-order valence-electron chi connectivity index (χ3n) is 3.17. The second-order valence-electron chi connectivity index (χ2n) is 4.59. The maximum Gasteiger partial charge on any atom is 0.508 e. The van der Waals surface area contributed by atoms with Gasteiger partial charge in [0.15, 0.2) is 0 Å². The van der Waals surface area contributed by atoms with Crippen molar-refractivity contribution < 1.29 is 14.3 Å². The second kappa shape index (κ2) is 7.53. The van der Waals surface area contributed by atoms with Crippen LogP contribution in [0.15, 0.2) is 0 Å². The minimum Gasteiger partial charge on any atom is -0.434 e. The van der Waals surface area contributed by atoms with Crippen LogP contribution in [0.25, 0.3) is 0 Å². The van der Waals surface area contributed by atoms with Crippen molar-refractivity contribution in [1.82, 2.24) is 0 Å². The Morgan fingerprint density at radius 2 is 1.94 bits per heavy atom. The van der Waals surface area contributed by atoms with Crippen LogP contribution in [0.3, 0.4) is 0 Å². The highest BCUT2D eigenvalue weighted by Gasteiger charge is 2.27. The fraction of sp³-hybridized carbons (Fsp3) is 0.923. The topological polar surface area (TPSA) is 35.5 Å². The van der Waals surface area contributed by atoms with Crippen LogP contribution in [-0.4, -0.2) is 18.9 Å². The van der Waals surface area contributed by atoms with E-state index < -0.39 is 6.16 Å². The third-order valence-corrected chi connectivity index (χ3v) is 3.17. The molecule has 2 unspecified atom stereocenters. The monoisotopic (exact) mass is 228 g/mol. The summed E-state index contributed by atoms with van der Waals surface area (Å²) in [5.74, 6) is 0.549. The van der Waals surface area contributed by atoms with Gasteiger partial charge >= 0.3 is 6.16 Å². The van der Waals surface area contributed by atoms with Gasteiger partial charge in [-0.05, 0) is 38.0 Å². The van der Waals surface area contributed by atoms with Crippen LogP contribution in [0, 0.1) is 5.92 Å². The molecule has 0 aromatic rings. The molecular formula is C13H24O3. The van der Waals surface area contributed by atoms with Gasteiger partial charge in [-0.25, -0.2) is 4.79 Å². The Kier molecular flexibility index (Phi) is 6.27. The molecule has 0 bridgehead atoms. The molecule has 0 aromatic heterocycles. The molecule has 0 spiro atoms. The largest absolute Gasteiger partial charge is 0.508 e. The van der Waals surface area contributed by atoms with Crippen LogP contribution in [0.1, 0.15) is 58.8 Å². The van der Waals surface area contributed by atoms with Gasteiger partial charge in [0.1, 0.15) is 6.10 Å². The van der Waals surface area contributed by atoms with Gasteiger partial charge in [0, 0.05) is 0 Å². The third kappa shape index (κ3) is 4.42. The van der Waals surface area contributed by atoms with Gasteiger partial charge in [0.05, 0.1) is 6.61 Å². The fourth-order valence-corrected chi connectivity index (χ4v) is 2.37. The molecule has 1 rings (SSSR count). The van der Waals surface area contributed by atoms with Crippen LogP contribution in [0.2, 0.25) is 0 Å². The first-order valence-electron chi connectivity index (χ1n) is 6.61. The van der Waals surface area contributed by atoms with Crippen molar-refractivity contribution in [3.8, 4) is 0 Å². The first kappa shape index (κ1) is 13.3. The molecule has 1 aliphatic rings. The maximum atomic E-state index is 11.4. The van der Waals surface area contributed by atoms with E-state index in [9.17, 15) is 4.79 Å². The molecule has 0 N–H and O–H groups in total. The van der Waals surface area contributed by atoms with E-state index in [1.54, 1.807) is 0 Å². The molecule has 0 heterocycles. The lowest BCUT2D eigenvalue weighted by Crippen LogP contribution is -2.30. The van der Waals surface area contributed by atoms with Crippen molar-refractivity contribution >= 4 is 6.16 Å². The summed E-state index contributed by atoms with van der Waals surface area (Å²) < 4.78 is 10.4. The van der Waals surface area contributed by atoms with Crippen molar-refractivity contribution in [2.45, 2.75) is 64.9 Å². The minimum atomic E-state index is -0.477. The smallest absolute Gasteiger partial charge is 0.434 e. The zero-order valence-corrected chi connectivity index (χ0v) is 10.5. The number of carbonyl (C=O) groups is 1. The molecule has 1 aliphatic carbocycles. The lowest BCUT2D eigenvalue weighted by Gasteiger charge is -2.30. The summed E-state index contributed by atoms with van der Waals surface area (Å²) in [5.41, 5.74) is 0. The predicted molar refractivity (Wildman–Crippen MR) is 63.4 cm³/mol. The Morgan fingerprint density at radius 1 is 1.19 bits per heavy atom. The summed E-state index contributed by atoms with van der Waals surface area (Å²) >= 11 is 0. The number of ether oxygens (including phenoxy) is 2. The maximum absolute atomic E-state index is 11.4. The SMILES string of the molecule is CCCOC(=O)OC1CCCCC1CCC. The van der Waals surface area contributed by atoms with Gasteiger partial charge in [-0.2, -0.15) is 0 Å². The summed E-state index contributed by atoms with van der Waals surface area (Å²) in [6.45, 7) is 4.62. The van der Waals surface area contributed by atoms with E-state index in [1.165, 1.54) is 19.3 Å². The molecule has 2 atom stereocenters. The summed E-state index contributed by atoms with van der Waals surface area (Å²) in [6, 6.07) is 0. The lowest BCUT2D eigenvalue weighted by atomic mass is 9.83. The van der Waals surface area contributed by atoms with E-state index >= 15 is 0 Å². The molecule has 94 valence electrons. The van der Waals surface area contributed by atoms with Crippen LogP contribution in [0.5, 0.6) is 0 Å². The summed E-state index contributed by atoms with van der Waals surface area (Å²) in [4.78, 5) is 11.4. The number of hydrogen-bond acceptors (Lipinski definition) is 3. The molecule has 3 nitrogen and oxygen atoms in total. The van der Waals surface area contributed by atoms with Crippen LogP contribution < -0.4 is 0 Å². The Balaban J connectivity index is 2.33. The zero-order valence-electron chi connectivity index (χ0n) is 10.5. The van der Waals surface area contributed by atoms with E-state index in [0.29, 0.717) is 12.5 Å². The van der Waals surface area contributed by atoms with Crippen LogP contribution >= 0.6 is 0 Å². The van der Waals surface area contributed by atoms with E-state index in [0.717, 1.165) is 25.7 Å². The normalized spacial score (nSPS) is 25.1. The van der Waals surface area contributed by atoms with E-state index in [1.807, 2.05) is 6.92 Å². The zero-order chi connectivity index (χ0) is 11.8. The summed E-state index contributed by atoms with van der Waals surface area (Å²) in [7, 11) is 0. The summed E-state index contributed by atoms with van der Waals surface area (Å²) in [6.07, 6.45) is 7.43. The molecule has 0 aliphatic heterocycles. The number of hydrogen-bond donors (Lipinski definition) is 0. The average molecular weight is 228 g/mol. The van der Waals surface area contributed by atoms with Gasteiger partial charge in [-0.15, -0.1) is 0 Å². The first-order valence-corrected chi connectivity index (χ1v) is 6.61. The molecule has 1 fully saturated rings. The second-order valence-corrected chi connectivity index (χ2v) is 4.59. The lowest BCUT2D eigenvalue weighted by molar-refractivity contribution is -0.0140. The van der Waals surface area contributed by atoms with Crippen molar-refractivity contribution in [1.29, 1.82) is 0 Å². The molecule has 3 heteroatoms. The molecule has 0 radical (unpaired) electrons. The van der Waals surface area contributed by atoms with E-state index in [2.05, 4.69) is 6.92 Å². The molecule has 1 saturated carbocycles. The van der Waals surface area contributed by atoms with Gasteiger partial charge < -0.3 is 9.47 Å².